The Morgan fingerprint density at radius 1 is 1.46 bits per heavy atom. The average Bonchev–Trinajstić information content (AvgIpc) is 2.89. The van der Waals surface area contributed by atoms with E-state index in [0.717, 1.165) is 24.3 Å². The highest BCUT2D eigenvalue weighted by Crippen LogP contribution is 2.26. The van der Waals surface area contributed by atoms with Crippen molar-refractivity contribution >= 4 is 23.2 Å². The predicted molar refractivity (Wildman–Crippen MR) is 93.0 cm³/mol. The van der Waals surface area contributed by atoms with Crippen LogP contribution in [0.3, 0.4) is 0 Å². The first-order valence-corrected chi connectivity index (χ1v) is 8.50. The van der Waals surface area contributed by atoms with Crippen LogP contribution in [0.4, 0.5) is 0 Å². The molecule has 1 atom stereocenters. The minimum Gasteiger partial charge on any atom is -0.388 e. The van der Waals surface area contributed by atoms with Crippen LogP contribution in [-0.2, 0) is 11.3 Å². The van der Waals surface area contributed by atoms with E-state index in [0.29, 0.717) is 24.5 Å². The minimum atomic E-state index is -0.961. The van der Waals surface area contributed by atoms with Gasteiger partial charge in [-0.1, -0.05) is 11.6 Å². The topological polar surface area (TPSA) is 61.1 Å². The molecule has 7 heteroatoms. The molecule has 1 aliphatic heterocycles. The highest BCUT2D eigenvalue weighted by molar-refractivity contribution is 6.30. The maximum Gasteiger partial charge on any atom is 0.224 e. The third-order valence-corrected chi connectivity index (χ3v) is 4.77. The molecule has 0 aliphatic carbocycles. The Balaban J connectivity index is 1.73. The van der Waals surface area contributed by atoms with Gasteiger partial charge in [0.1, 0.15) is 5.65 Å². The molecular weight excluding hydrogens is 328 g/mol. The standard InChI is InChI=1S/C17H23ClN4O2/c1-20(2)16(23)8-17(24)6-3-7-21(12-17)11-14-9-19-15-5-4-13(18)10-22(14)15/h4-5,9-10,24H,3,6-8,11-12H2,1-2H3. The van der Waals surface area contributed by atoms with Crippen molar-refractivity contribution in [2.75, 3.05) is 27.2 Å². The maximum atomic E-state index is 12.0. The van der Waals surface area contributed by atoms with E-state index in [1.165, 1.54) is 4.90 Å². The number of β-amino-alcohol motifs (C(OH)–C–C–N with tert-alkyl or cyclic N) is 1. The molecule has 0 saturated carbocycles. The number of aromatic nitrogens is 2. The minimum absolute atomic E-state index is 0.0408. The van der Waals surface area contributed by atoms with Crippen LogP contribution in [0.25, 0.3) is 5.65 Å². The molecule has 3 heterocycles. The van der Waals surface area contributed by atoms with Gasteiger partial charge in [0.25, 0.3) is 0 Å². The molecule has 3 rings (SSSR count). The molecule has 1 fully saturated rings. The van der Waals surface area contributed by atoms with Gasteiger partial charge in [0.2, 0.25) is 5.91 Å². The first-order chi connectivity index (χ1) is 11.4. The van der Waals surface area contributed by atoms with Crippen LogP contribution in [0.2, 0.25) is 5.02 Å². The molecule has 6 nitrogen and oxygen atoms in total. The van der Waals surface area contributed by atoms with Crippen molar-refractivity contribution in [1.29, 1.82) is 0 Å². The molecule has 1 unspecified atom stereocenters. The Labute approximate surface area is 146 Å². The number of carbonyl (C=O) groups is 1. The van der Waals surface area contributed by atoms with Crippen LogP contribution in [0.1, 0.15) is 25.0 Å². The molecule has 0 aromatic carbocycles. The first-order valence-electron chi connectivity index (χ1n) is 8.13. The number of rotatable bonds is 4. The second kappa shape index (κ2) is 6.70. The van der Waals surface area contributed by atoms with Crippen LogP contribution in [-0.4, -0.2) is 63.0 Å². The zero-order valence-electron chi connectivity index (χ0n) is 14.1. The van der Waals surface area contributed by atoms with Gasteiger partial charge in [-0.3, -0.25) is 9.69 Å². The number of imidazole rings is 1. The third kappa shape index (κ3) is 3.71. The van der Waals surface area contributed by atoms with Crippen molar-refractivity contribution in [3.63, 3.8) is 0 Å². The zero-order valence-corrected chi connectivity index (χ0v) is 14.8. The molecule has 0 bridgehead atoms. The van der Waals surface area contributed by atoms with E-state index in [1.807, 2.05) is 28.9 Å². The van der Waals surface area contributed by atoms with Crippen molar-refractivity contribution in [2.24, 2.45) is 0 Å². The van der Waals surface area contributed by atoms with Gasteiger partial charge in [0.15, 0.2) is 0 Å². The van der Waals surface area contributed by atoms with Gasteiger partial charge in [0, 0.05) is 33.4 Å². The molecule has 1 aliphatic rings. The Hall–Kier alpha value is -1.63. The van der Waals surface area contributed by atoms with Crippen LogP contribution >= 0.6 is 11.6 Å². The molecule has 1 saturated heterocycles. The highest BCUT2D eigenvalue weighted by Gasteiger charge is 2.35. The summed E-state index contributed by atoms with van der Waals surface area (Å²) in [5.41, 5.74) is 0.915. The smallest absolute Gasteiger partial charge is 0.224 e. The number of carbonyl (C=O) groups excluding carboxylic acids is 1. The fraction of sp³-hybridized carbons (Fsp3) is 0.529. The summed E-state index contributed by atoms with van der Waals surface area (Å²) in [6, 6.07) is 3.70. The monoisotopic (exact) mass is 350 g/mol. The summed E-state index contributed by atoms with van der Waals surface area (Å²) in [5.74, 6) is -0.0408. The average molecular weight is 351 g/mol. The number of fused-ring (bicyclic) bond motifs is 1. The number of amides is 1. The normalized spacial score (nSPS) is 22.0. The van der Waals surface area contributed by atoms with Crippen LogP contribution in [0.15, 0.2) is 24.5 Å². The second-order valence-electron chi connectivity index (χ2n) is 6.83. The second-order valence-corrected chi connectivity index (χ2v) is 7.26. The molecular formula is C17H23ClN4O2. The molecule has 24 heavy (non-hydrogen) atoms. The Kier molecular flexibility index (Phi) is 4.80. The van der Waals surface area contributed by atoms with Crippen molar-refractivity contribution in [3.8, 4) is 0 Å². The summed E-state index contributed by atoms with van der Waals surface area (Å²) in [6.45, 7) is 2.05. The van der Waals surface area contributed by atoms with Crippen molar-refractivity contribution in [3.05, 3.63) is 35.2 Å². The number of halogens is 1. The number of piperidine rings is 1. The van der Waals surface area contributed by atoms with Crippen molar-refractivity contribution in [2.45, 2.75) is 31.4 Å². The Bertz CT molecular complexity index is 745. The SMILES string of the molecule is CN(C)C(=O)CC1(O)CCCN(Cc2cnc3ccc(Cl)cn23)C1. The highest BCUT2D eigenvalue weighted by atomic mass is 35.5. The van der Waals surface area contributed by atoms with Crippen molar-refractivity contribution in [1.82, 2.24) is 19.2 Å². The van der Waals surface area contributed by atoms with Gasteiger partial charge in [0.05, 0.1) is 28.9 Å². The lowest BCUT2D eigenvalue weighted by molar-refractivity contribution is -0.136. The van der Waals surface area contributed by atoms with Gasteiger partial charge in [-0.05, 0) is 31.5 Å². The van der Waals surface area contributed by atoms with Gasteiger partial charge in [-0.25, -0.2) is 4.98 Å². The molecule has 130 valence electrons. The fourth-order valence-electron chi connectivity index (χ4n) is 3.28. The summed E-state index contributed by atoms with van der Waals surface area (Å²) < 4.78 is 1.97. The number of aliphatic hydroxyl groups is 1. The van der Waals surface area contributed by atoms with Gasteiger partial charge < -0.3 is 14.4 Å². The lowest BCUT2D eigenvalue weighted by Gasteiger charge is -2.39. The molecule has 2 aromatic rings. The van der Waals surface area contributed by atoms with Crippen LogP contribution in [0, 0.1) is 0 Å². The quantitative estimate of drug-likeness (QED) is 0.913. The molecule has 0 spiro atoms. The van der Waals surface area contributed by atoms with Crippen LogP contribution in [0.5, 0.6) is 0 Å². The van der Waals surface area contributed by atoms with E-state index in [2.05, 4.69) is 9.88 Å². The summed E-state index contributed by atoms with van der Waals surface area (Å²) in [7, 11) is 3.43. The van der Waals surface area contributed by atoms with E-state index < -0.39 is 5.60 Å². The molecule has 1 amide bonds. The summed E-state index contributed by atoms with van der Waals surface area (Å²) >= 11 is 6.08. The van der Waals surface area contributed by atoms with Crippen molar-refractivity contribution < 1.29 is 9.90 Å². The predicted octanol–water partition coefficient (Wildman–Crippen LogP) is 1.79. The van der Waals surface area contributed by atoms with Gasteiger partial charge in [-0.15, -0.1) is 0 Å². The maximum absolute atomic E-state index is 12.0. The van der Waals surface area contributed by atoms with E-state index in [9.17, 15) is 9.90 Å². The lowest BCUT2D eigenvalue weighted by Crippen LogP contribution is -2.50. The number of nitrogens with zero attached hydrogens (tertiary/aromatic N) is 4. The van der Waals surface area contributed by atoms with Gasteiger partial charge >= 0.3 is 0 Å². The molecule has 2 aromatic heterocycles. The van der Waals surface area contributed by atoms with E-state index in [1.54, 1.807) is 14.1 Å². The summed E-state index contributed by atoms with van der Waals surface area (Å²) in [5, 5.41) is 11.5. The third-order valence-electron chi connectivity index (χ3n) is 4.55. The first kappa shape index (κ1) is 17.2. The Morgan fingerprint density at radius 3 is 3.00 bits per heavy atom. The Morgan fingerprint density at radius 2 is 2.25 bits per heavy atom. The van der Waals surface area contributed by atoms with E-state index >= 15 is 0 Å². The number of hydrogen-bond donors (Lipinski definition) is 1. The van der Waals surface area contributed by atoms with Gasteiger partial charge in [-0.2, -0.15) is 0 Å². The molecule has 1 N–H and O–H groups in total. The number of likely N-dealkylation sites (tertiary alicyclic amines) is 1. The van der Waals surface area contributed by atoms with Crippen LogP contribution < -0.4 is 0 Å². The lowest BCUT2D eigenvalue weighted by atomic mass is 9.89. The number of pyridine rings is 1. The summed E-state index contributed by atoms with van der Waals surface area (Å²) in [6.07, 6.45) is 5.38. The van der Waals surface area contributed by atoms with E-state index in [4.69, 9.17) is 11.6 Å². The zero-order chi connectivity index (χ0) is 17.3. The number of hydrogen-bond acceptors (Lipinski definition) is 4. The largest absolute Gasteiger partial charge is 0.388 e. The fourth-order valence-corrected chi connectivity index (χ4v) is 3.44. The van der Waals surface area contributed by atoms with E-state index in [-0.39, 0.29) is 12.3 Å². The molecule has 0 radical (unpaired) electrons. The summed E-state index contributed by atoms with van der Waals surface area (Å²) in [4.78, 5) is 20.1.